The highest BCUT2D eigenvalue weighted by molar-refractivity contribution is 5.37. The third kappa shape index (κ3) is 1.67. The molecule has 0 aliphatic rings. The van der Waals surface area contributed by atoms with E-state index in [1.165, 1.54) is 16.7 Å². The van der Waals surface area contributed by atoms with Crippen LogP contribution in [0.4, 0.5) is 0 Å². The largest absolute Gasteiger partial charge is 0.389 e. The van der Waals surface area contributed by atoms with E-state index in [-0.39, 0.29) is 6.10 Å². The van der Waals surface area contributed by atoms with Gasteiger partial charge in [-0.2, -0.15) is 0 Å². The molecule has 1 aromatic carbocycles. The molecule has 1 aromatic rings. The van der Waals surface area contributed by atoms with Crippen LogP contribution in [0.2, 0.25) is 0 Å². The van der Waals surface area contributed by atoms with E-state index in [4.69, 9.17) is 0 Å². The Bertz CT molecular complexity index is 287. The lowest BCUT2D eigenvalue weighted by molar-refractivity contribution is 0.198. The molecule has 1 N–H and O–H groups in total. The van der Waals surface area contributed by atoms with E-state index >= 15 is 0 Å². The monoisotopic (exact) mass is 164 g/mol. The van der Waals surface area contributed by atoms with Crippen LogP contribution in [0.25, 0.3) is 0 Å². The normalized spacial score (nSPS) is 13.1. The fourth-order valence-corrected chi connectivity index (χ4v) is 1.43. The van der Waals surface area contributed by atoms with E-state index in [1.807, 2.05) is 6.92 Å². The van der Waals surface area contributed by atoms with Crippen molar-refractivity contribution in [2.75, 3.05) is 0 Å². The highest BCUT2D eigenvalue weighted by atomic mass is 16.3. The molecule has 0 saturated carbocycles. The third-order valence-corrected chi connectivity index (χ3v) is 2.33. The third-order valence-electron chi connectivity index (χ3n) is 2.33. The van der Waals surface area contributed by atoms with Crippen LogP contribution in [-0.4, -0.2) is 5.11 Å². The summed E-state index contributed by atoms with van der Waals surface area (Å²) < 4.78 is 0. The highest BCUT2D eigenvalue weighted by Crippen LogP contribution is 2.20. The molecule has 0 amide bonds. The van der Waals surface area contributed by atoms with E-state index in [9.17, 15) is 5.11 Å². The zero-order valence-corrected chi connectivity index (χ0v) is 8.18. The van der Waals surface area contributed by atoms with Gasteiger partial charge >= 0.3 is 0 Å². The maximum absolute atomic E-state index is 9.42. The molecule has 12 heavy (non-hydrogen) atoms. The summed E-state index contributed by atoms with van der Waals surface area (Å²) in [4.78, 5) is 0. The molecular formula is C11H16O. The summed E-state index contributed by atoms with van der Waals surface area (Å²) in [5.74, 6) is 0. The van der Waals surface area contributed by atoms with Gasteiger partial charge in [0.25, 0.3) is 0 Å². The Labute approximate surface area is 74.1 Å². The van der Waals surface area contributed by atoms with Crippen molar-refractivity contribution < 1.29 is 5.11 Å². The van der Waals surface area contributed by atoms with Crippen LogP contribution in [0, 0.1) is 20.8 Å². The van der Waals surface area contributed by atoms with Gasteiger partial charge in [-0.3, -0.25) is 0 Å². The lowest BCUT2D eigenvalue weighted by Gasteiger charge is -2.11. The number of hydrogen-bond donors (Lipinski definition) is 1. The van der Waals surface area contributed by atoms with E-state index in [0.29, 0.717) is 0 Å². The number of aryl methyl sites for hydroxylation is 3. The van der Waals surface area contributed by atoms with Crippen molar-refractivity contribution >= 4 is 0 Å². The minimum atomic E-state index is -0.357. The lowest BCUT2D eigenvalue weighted by Crippen LogP contribution is -1.97. The van der Waals surface area contributed by atoms with Crippen molar-refractivity contribution in [2.24, 2.45) is 0 Å². The second kappa shape index (κ2) is 3.28. The molecule has 0 aromatic heterocycles. The average molecular weight is 164 g/mol. The summed E-state index contributed by atoms with van der Waals surface area (Å²) in [5.41, 5.74) is 4.75. The quantitative estimate of drug-likeness (QED) is 0.676. The molecule has 1 rings (SSSR count). The predicted molar refractivity (Wildman–Crippen MR) is 51.3 cm³/mol. The number of aliphatic hydroxyl groups excluding tert-OH is 1. The fourth-order valence-electron chi connectivity index (χ4n) is 1.43. The van der Waals surface area contributed by atoms with Gasteiger partial charge in [0, 0.05) is 0 Å². The SMILES string of the molecule is Cc1cc(C)c(C(C)O)cc1C. The predicted octanol–water partition coefficient (Wildman–Crippen LogP) is 2.67. The topological polar surface area (TPSA) is 20.2 Å². The van der Waals surface area contributed by atoms with Gasteiger partial charge in [-0.15, -0.1) is 0 Å². The first kappa shape index (κ1) is 9.27. The smallest absolute Gasteiger partial charge is 0.0764 e. The molecule has 1 heteroatoms. The van der Waals surface area contributed by atoms with Crippen LogP contribution in [0.3, 0.4) is 0 Å². The molecule has 0 aliphatic heterocycles. The molecule has 0 aliphatic carbocycles. The molecule has 0 fully saturated rings. The first-order chi connectivity index (χ1) is 5.52. The number of rotatable bonds is 1. The Morgan fingerprint density at radius 2 is 1.50 bits per heavy atom. The number of hydrogen-bond acceptors (Lipinski definition) is 1. The molecular weight excluding hydrogens is 148 g/mol. The molecule has 1 atom stereocenters. The van der Waals surface area contributed by atoms with E-state index in [1.54, 1.807) is 6.92 Å². The summed E-state index contributed by atoms with van der Waals surface area (Å²) in [6.45, 7) is 8.00. The Morgan fingerprint density at radius 1 is 1.00 bits per heavy atom. The Hall–Kier alpha value is -0.820. The van der Waals surface area contributed by atoms with Crippen LogP contribution < -0.4 is 0 Å². The second-order valence-electron chi connectivity index (χ2n) is 3.47. The fraction of sp³-hybridized carbons (Fsp3) is 0.455. The van der Waals surface area contributed by atoms with Crippen molar-refractivity contribution in [3.05, 3.63) is 34.4 Å². The van der Waals surface area contributed by atoms with Crippen LogP contribution in [0.5, 0.6) is 0 Å². The molecule has 0 radical (unpaired) electrons. The van der Waals surface area contributed by atoms with E-state index in [2.05, 4.69) is 26.0 Å². The first-order valence-electron chi connectivity index (χ1n) is 4.28. The van der Waals surface area contributed by atoms with Crippen molar-refractivity contribution in [1.29, 1.82) is 0 Å². The van der Waals surface area contributed by atoms with Crippen LogP contribution in [0.1, 0.15) is 35.3 Å². The van der Waals surface area contributed by atoms with Gasteiger partial charge in [0.05, 0.1) is 6.10 Å². The maximum Gasteiger partial charge on any atom is 0.0764 e. The first-order valence-corrected chi connectivity index (χ1v) is 4.28. The highest BCUT2D eigenvalue weighted by Gasteiger charge is 2.05. The van der Waals surface area contributed by atoms with Crippen molar-refractivity contribution in [1.82, 2.24) is 0 Å². The summed E-state index contributed by atoms with van der Waals surface area (Å²) in [5, 5.41) is 9.42. The van der Waals surface area contributed by atoms with Gasteiger partial charge in [-0.05, 0) is 49.9 Å². The standard InChI is InChI=1S/C11H16O/c1-7-5-9(3)11(10(4)12)6-8(7)2/h5-6,10,12H,1-4H3. The summed E-state index contributed by atoms with van der Waals surface area (Å²) in [6.07, 6.45) is -0.357. The molecule has 1 unspecified atom stereocenters. The lowest BCUT2D eigenvalue weighted by atomic mass is 9.98. The van der Waals surface area contributed by atoms with Crippen LogP contribution >= 0.6 is 0 Å². The van der Waals surface area contributed by atoms with Crippen LogP contribution in [-0.2, 0) is 0 Å². The molecule has 0 heterocycles. The summed E-state index contributed by atoms with van der Waals surface area (Å²) >= 11 is 0. The van der Waals surface area contributed by atoms with Gasteiger partial charge in [-0.1, -0.05) is 12.1 Å². The number of benzene rings is 1. The minimum absolute atomic E-state index is 0.357. The maximum atomic E-state index is 9.42. The van der Waals surface area contributed by atoms with Crippen molar-refractivity contribution in [3.8, 4) is 0 Å². The Balaban J connectivity index is 3.23. The molecule has 1 nitrogen and oxygen atoms in total. The minimum Gasteiger partial charge on any atom is -0.389 e. The van der Waals surface area contributed by atoms with E-state index < -0.39 is 0 Å². The summed E-state index contributed by atoms with van der Waals surface area (Å²) in [7, 11) is 0. The molecule has 0 saturated heterocycles. The number of aliphatic hydroxyl groups is 1. The van der Waals surface area contributed by atoms with Gasteiger partial charge in [0.15, 0.2) is 0 Å². The van der Waals surface area contributed by atoms with Gasteiger partial charge in [0.2, 0.25) is 0 Å². The Kier molecular flexibility index (Phi) is 2.53. The van der Waals surface area contributed by atoms with Crippen molar-refractivity contribution in [3.63, 3.8) is 0 Å². The van der Waals surface area contributed by atoms with Gasteiger partial charge in [0.1, 0.15) is 0 Å². The van der Waals surface area contributed by atoms with Gasteiger partial charge < -0.3 is 5.11 Å². The molecule has 0 bridgehead atoms. The zero-order chi connectivity index (χ0) is 9.30. The van der Waals surface area contributed by atoms with Crippen molar-refractivity contribution in [2.45, 2.75) is 33.8 Å². The molecule has 66 valence electrons. The second-order valence-corrected chi connectivity index (χ2v) is 3.47. The van der Waals surface area contributed by atoms with Gasteiger partial charge in [-0.25, -0.2) is 0 Å². The zero-order valence-electron chi connectivity index (χ0n) is 8.18. The average Bonchev–Trinajstić information content (AvgIpc) is 1.96. The Morgan fingerprint density at radius 3 is 2.00 bits per heavy atom. The molecule has 0 spiro atoms. The van der Waals surface area contributed by atoms with Crippen LogP contribution in [0.15, 0.2) is 12.1 Å². The summed E-state index contributed by atoms with van der Waals surface area (Å²) in [6, 6.07) is 4.19. The van der Waals surface area contributed by atoms with E-state index in [0.717, 1.165) is 5.56 Å².